The molecule has 106 valence electrons. The number of nitrogens with zero attached hydrogens (tertiary/aromatic N) is 1. The number of halogens is 3. The smallest absolute Gasteiger partial charge is 0.314 e. The molecule has 0 aliphatic heterocycles. The molecule has 0 amide bonds. The summed E-state index contributed by atoms with van der Waals surface area (Å²) in [5, 5.41) is 3.39. The van der Waals surface area contributed by atoms with E-state index in [4.69, 9.17) is 0 Å². The zero-order valence-electron chi connectivity index (χ0n) is 11.0. The second-order valence-corrected chi connectivity index (χ2v) is 5.12. The lowest BCUT2D eigenvalue weighted by atomic mass is 9.94. The van der Waals surface area contributed by atoms with Gasteiger partial charge in [0.1, 0.15) is 0 Å². The highest BCUT2D eigenvalue weighted by molar-refractivity contribution is 5.30. The molecule has 0 bridgehead atoms. The van der Waals surface area contributed by atoms with Crippen LogP contribution in [0, 0.1) is 0 Å². The second-order valence-electron chi connectivity index (χ2n) is 5.12. The minimum atomic E-state index is -4.28. The van der Waals surface area contributed by atoms with Crippen molar-refractivity contribution in [1.82, 2.24) is 10.3 Å². The van der Waals surface area contributed by atoms with Gasteiger partial charge in [-0.1, -0.05) is 6.92 Å². The number of rotatable bonds is 4. The Balaban J connectivity index is 2.11. The zero-order valence-corrected chi connectivity index (χ0v) is 11.0. The summed E-state index contributed by atoms with van der Waals surface area (Å²) in [6.07, 6.45) is 1.88. The molecule has 0 saturated heterocycles. The third kappa shape index (κ3) is 3.47. The number of alkyl halides is 3. The SMILES string of the molecule is CCCNC1CCC(c2cnccc2C(F)(F)F)C1. The average Bonchev–Trinajstić information content (AvgIpc) is 2.84. The van der Waals surface area contributed by atoms with Gasteiger partial charge < -0.3 is 5.32 Å². The van der Waals surface area contributed by atoms with Crippen molar-refractivity contribution < 1.29 is 13.2 Å². The lowest BCUT2D eigenvalue weighted by Crippen LogP contribution is -2.27. The van der Waals surface area contributed by atoms with Gasteiger partial charge in [-0.2, -0.15) is 13.2 Å². The van der Waals surface area contributed by atoms with E-state index in [-0.39, 0.29) is 5.92 Å². The molecule has 1 fully saturated rings. The van der Waals surface area contributed by atoms with Crippen LogP contribution in [0.2, 0.25) is 0 Å². The van der Waals surface area contributed by atoms with Crippen molar-refractivity contribution in [1.29, 1.82) is 0 Å². The Morgan fingerprint density at radius 2 is 2.16 bits per heavy atom. The Bertz CT molecular complexity index is 417. The van der Waals surface area contributed by atoms with E-state index in [1.807, 2.05) is 0 Å². The number of hydrogen-bond acceptors (Lipinski definition) is 2. The van der Waals surface area contributed by atoms with Crippen LogP contribution in [0.15, 0.2) is 18.5 Å². The number of pyridine rings is 1. The minimum absolute atomic E-state index is 0.0281. The van der Waals surface area contributed by atoms with Crippen LogP contribution in [0.4, 0.5) is 13.2 Å². The van der Waals surface area contributed by atoms with Crippen molar-refractivity contribution in [2.45, 2.75) is 50.7 Å². The summed E-state index contributed by atoms with van der Waals surface area (Å²) in [6, 6.07) is 1.42. The molecular weight excluding hydrogens is 253 g/mol. The van der Waals surface area contributed by atoms with E-state index in [1.54, 1.807) is 0 Å². The Kier molecular flexibility index (Phi) is 4.45. The predicted octanol–water partition coefficient (Wildman–Crippen LogP) is 3.74. The first-order valence-electron chi connectivity index (χ1n) is 6.77. The van der Waals surface area contributed by atoms with Crippen LogP contribution in [0.25, 0.3) is 0 Å². The van der Waals surface area contributed by atoms with E-state index in [1.165, 1.54) is 12.4 Å². The van der Waals surface area contributed by atoms with Crippen molar-refractivity contribution >= 4 is 0 Å². The van der Waals surface area contributed by atoms with Gasteiger partial charge >= 0.3 is 6.18 Å². The summed E-state index contributed by atoms with van der Waals surface area (Å²) in [4.78, 5) is 3.87. The van der Waals surface area contributed by atoms with Gasteiger partial charge in [0.15, 0.2) is 0 Å². The molecule has 1 aromatic rings. The van der Waals surface area contributed by atoms with Gasteiger partial charge in [-0.05, 0) is 49.8 Å². The maximum absolute atomic E-state index is 13.0. The van der Waals surface area contributed by atoms with Crippen molar-refractivity contribution in [3.8, 4) is 0 Å². The minimum Gasteiger partial charge on any atom is -0.314 e. The third-order valence-corrected chi connectivity index (χ3v) is 3.71. The Morgan fingerprint density at radius 1 is 1.37 bits per heavy atom. The van der Waals surface area contributed by atoms with Crippen LogP contribution in [0.5, 0.6) is 0 Å². The average molecular weight is 272 g/mol. The monoisotopic (exact) mass is 272 g/mol. The molecule has 1 saturated carbocycles. The van der Waals surface area contributed by atoms with Gasteiger partial charge in [0.2, 0.25) is 0 Å². The maximum Gasteiger partial charge on any atom is 0.416 e. The van der Waals surface area contributed by atoms with Gasteiger partial charge in [0, 0.05) is 18.4 Å². The standard InChI is InChI=1S/C14H19F3N2/c1-2-6-19-11-4-3-10(8-11)12-9-18-7-5-13(12)14(15,16)17/h5,7,9-11,19H,2-4,6,8H2,1H3. The number of hydrogen-bond donors (Lipinski definition) is 1. The quantitative estimate of drug-likeness (QED) is 0.903. The molecule has 2 atom stereocenters. The molecule has 0 aromatic carbocycles. The molecule has 1 aliphatic carbocycles. The maximum atomic E-state index is 13.0. The third-order valence-electron chi connectivity index (χ3n) is 3.71. The lowest BCUT2D eigenvalue weighted by Gasteiger charge is -2.17. The molecule has 2 nitrogen and oxygen atoms in total. The normalized spacial score (nSPS) is 23.8. The predicted molar refractivity (Wildman–Crippen MR) is 67.9 cm³/mol. The fourth-order valence-electron chi connectivity index (χ4n) is 2.79. The summed E-state index contributed by atoms with van der Waals surface area (Å²) in [7, 11) is 0. The Labute approximate surface area is 111 Å². The van der Waals surface area contributed by atoms with E-state index in [9.17, 15) is 13.2 Å². The van der Waals surface area contributed by atoms with E-state index in [0.29, 0.717) is 11.6 Å². The van der Waals surface area contributed by atoms with Crippen LogP contribution in [-0.2, 0) is 6.18 Å². The molecule has 0 spiro atoms. The highest BCUT2D eigenvalue weighted by Gasteiger charge is 2.37. The first-order chi connectivity index (χ1) is 9.02. The molecule has 5 heteroatoms. The molecule has 2 rings (SSSR count). The number of nitrogens with one attached hydrogen (secondary N) is 1. The van der Waals surface area contributed by atoms with Gasteiger partial charge in [0.05, 0.1) is 5.56 Å². The molecule has 0 radical (unpaired) electrons. The number of aromatic nitrogens is 1. The van der Waals surface area contributed by atoms with Crippen LogP contribution in [-0.4, -0.2) is 17.6 Å². The van der Waals surface area contributed by atoms with Gasteiger partial charge in [-0.25, -0.2) is 0 Å². The molecule has 1 aliphatic rings. The Hall–Kier alpha value is -1.10. The highest BCUT2D eigenvalue weighted by atomic mass is 19.4. The van der Waals surface area contributed by atoms with E-state index < -0.39 is 11.7 Å². The molecular formula is C14H19F3N2. The largest absolute Gasteiger partial charge is 0.416 e. The topological polar surface area (TPSA) is 24.9 Å². The highest BCUT2D eigenvalue weighted by Crippen LogP contribution is 2.41. The van der Waals surface area contributed by atoms with Crippen molar-refractivity contribution in [3.05, 3.63) is 29.6 Å². The van der Waals surface area contributed by atoms with Gasteiger partial charge in [0.25, 0.3) is 0 Å². The first kappa shape index (κ1) is 14.3. The van der Waals surface area contributed by atoms with Crippen LogP contribution < -0.4 is 5.32 Å². The summed E-state index contributed by atoms with van der Waals surface area (Å²) < 4.78 is 38.9. The van der Waals surface area contributed by atoms with Gasteiger partial charge in [-0.3, -0.25) is 4.98 Å². The molecule has 1 aromatic heterocycles. The zero-order chi connectivity index (χ0) is 13.9. The molecule has 2 unspecified atom stereocenters. The Morgan fingerprint density at radius 3 is 2.84 bits per heavy atom. The molecule has 1 heterocycles. The summed E-state index contributed by atoms with van der Waals surface area (Å²) in [6.45, 7) is 3.01. The van der Waals surface area contributed by atoms with Crippen LogP contribution >= 0.6 is 0 Å². The molecule has 1 N–H and O–H groups in total. The van der Waals surface area contributed by atoms with E-state index in [0.717, 1.165) is 38.3 Å². The van der Waals surface area contributed by atoms with Crippen molar-refractivity contribution in [3.63, 3.8) is 0 Å². The van der Waals surface area contributed by atoms with E-state index >= 15 is 0 Å². The van der Waals surface area contributed by atoms with E-state index in [2.05, 4.69) is 17.2 Å². The summed E-state index contributed by atoms with van der Waals surface area (Å²) in [5.74, 6) is -0.0281. The van der Waals surface area contributed by atoms with Crippen molar-refractivity contribution in [2.24, 2.45) is 0 Å². The summed E-state index contributed by atoms with van der Waals surface area (Å²) in [5.41, 5.74) is -0.167. The fraction of sp³-hybridized carbons (Fsp3) is 0.643. The van der Waals surface area contributed by atoms with Crippen LogP contribution in [0.1, 0.15) is 49.7 Å². The fourth-order valence-corrected chi connectivity index (χ4v) is 2.79. The van der Waals surface area contributed by atoms with Crippen LogP contribution in [0.3, 0.4) is 0 Å². The summed E-state index contributed by atoms with van der Waals surface area (Å²) >= 11 is 0. The second kappa shape index (κ2) is 5.90. The first-order valence-corrected chi connectivity index (χ1v) is 6.77. The van der Waals surface area contributed by atoms with Gasteiger partial charge in [-0.15, -0.1) is 0 Å². The van der Waals surface area contributed by atoms with Crippen molar-refractivity contribution in [2.75, 3.05) is 6.54 Å². The molecule has 19 heavy (non-hydrogen) atoms. The lowest BCUT2D eigenvalue weighted by molar-refractivity contribution is -0.138.